The van der Waals surface area contributed by atoms with Gasteiger partial charge >= 0.3 is 12.0 Å². The van der Waals surface area contributed by atoms with Gasteiger partial charge in [0.1, 0.15) is 12.1 Å². The number of aromatic nitrogens is 2. The van der Waals surface area contributed by atoms with Crippen molar-refractivity contribution in [3.8, 4) is 11.4 Å². The van der Waals surface area contributed by atoms with Crippen LogP contribution in [0.1, 0.15) is 84.5 Å². The van der Waals surface area contributed by atoms with Crippen molar-refractivity contribution < 1.29 is 23.9 Å². The van der Waals surface area contributed by atoms with Gasteiger partial charge in [0, 0.05) is 29.4 Å². The van der Waals surface area contributed by atoms with E-state index in [-0.39, 0.29) is 23.6 Å². The first-order valence-corrected chi connectivity index (χ1v) is 14.7. The molecule has 2 aliphatic rings. The van der Waals surface area contributed by atoms with E-state index in [2.05, 4.69) is 20.5 Å². The second kappa shape index (κ2) is 12.1. The van der Waals surface area contributed by atoms with Crippen molar-refractivity contribution in [1.29, 1.82) is 0 Å². The number of nitrogens with zero attached hydrogens (tertiary/aromatic N) is 2. The van der Waals surface area contributed by atoms with Gasteiger partial charge in [-0.15, -0.1) is 0 Å². The zero-order chi connectivity index (χ0) is 29.1. The van der Waals surface area contributed by atoms with Gasteiger partial charge in [0.05, 0.1) is 28.4 Å². The Kier molecular flexibility index (Phi) is 7.94. The highest BCUT2D eigenvalue weighted by Crippen LogP contribution is 2.36. The van der Waals surface area contributed by atoms with Crippen molar-refractivity contribution >= 4 is 34.6 Å². The number of nitrogens with one attached hydrogen (secondary N) is 3. The first-order chi connectivity index (χ1) is 20.4. The first-order valence-electron chi connectivity index (χ1n) is 14.7. The molecule has 10 nitrogen and oxygen atoms in total. The SMILES string of the molecule is O=C(Nc1cccc(C(=O)O)c1)NC1CCCC(NC(=O)c2ccc3c(c2)nc(-c2ccoc2)n3C2CCCCC2)C1. The summed E-state index contributed by atoms with van der Waals surface area (Å²) in [4.78, 5) is 42.1. The number of carboxylic acids is 1. The van der Waals surface area contributed by atoms with Crippen LogP contribution in [0.3, 0.4) is 0 Å². The number of urea groups is 1. The molecular formula is C32H35N5O5. The minimum Gasteiger partial charge on any atom is -0.478 e. The minimum absolute atomic E-state index is 0.0797. The van der Waals surface area contributed by atoms with E-state index < -0.39 is 12.0 Å². The van der Waals surface area contributed by atoms with Crippen molar-refractivity contribution in [2.24, 2.45) is 0 Å². The van der Waals surface area contributed by atoms with Crippen LogP contribution >= 0.6 is 0 Å². The predicted molar refractivity (Wildman–Crippen MR) is 159 cm³/mol. The molecule has 2 unspecified atom stereocenters. The zero-order valence-electron chi connectivity index (χ0n) is 23.3. The number of carbonyl (C=O) groups is 3. The Morgan fingerprint density at radius 2 is 1.69 bits per heavy atom. The fourth-order valence-electron chi connectivity index (χ4n) is 6.35. The monoisotopic (exact) mass is 569 g/mol. The summed E-state index contributed by atoms with van der Waals surface area (Å²) in [5.74, 6) is -0.341. The fraction of sp³-hybridized carbons (Fsp3) is 0.375. The number of fused-ring (bicyclic) bond motifs is 1. The maximum atomic E-state index is 13.3. The summed E-state index contributed by atoms with van der Waals surface area (Å²) in [5.41, 5.74) is 3.81. The van der Waals surface area contributed by atoms with Gasteiger partial charge in [0.15, 0.2) is 0 Å². The maximum Gasteiger partial charge on any atom is 0.335 e. The Labute approximate surface area is 243 Å². The number of amides is 3. The van der Waals surface area contributed by atoms with Crippen LogP contribution in [0.5, 0.6) is 0 Å². The Morgan fingerprint density at radius 3 is 2.45 bits per heavy atom. The summed E-state index contributed by atoms with van der Waals surface area (Å²) in [6.07, 6.45) is 12.4. The second-order valence-corrected chi connectivity index (χ2v) is 11.3. The molecule has 2 aromatic carbocycles. The van der Waals surface area contributed by atoms with Gasteiger partial charge in [-0.25, -0.2) is 14.6 Å². The van der Waals surface area contributed by atoms with Crippen molar-refractivity contribution in [2.75, 3.05) is 5.32 Å². The normalized spacial score (nSPS) is 19.3. The summed E-state index contributed by atoms with van der Waals surface area (Å²) in [7, 11) is 0. The van der Waals surface area contributed by atoms with E-state index in [4.69, 9.17) is 9.40 Å². The van der Waals surface area contributed by atoms with Gasteiger partial charge in [-0.05, 0) is 81.0 Å². The van der Waals surface area contributed by atoms with Gasteiger partial charge in [-0.3, -0.25) is 4.79 Å². The molecule has 0 saturated heterocycles. The minimum atomic E-state index is -1.06. The van der Waals surface area contributed by atoms with Gasteiger partial charge < -0.3 is 30.0 Å². The first kappa shape index (κ1) is 27.6. The molecule has 218 valence electrons. The molecule has 2 fully saturated rings. The molecule has 6 rings (SSSR count). The molecule has 3 amide bonds. The Hall–Kier alpha value is -4.60. The molecule has 2 heterocycles. The van der Waals surface area contributed by atoms with Gasteiger partial charge in [0.2, 0.25) is 0 Å². The van der Waals surface area contributed by atoms with Crippen LogP contribution in [0.15, 0.2) is 65.5 Å². The number of imidazole rings is 1. The third-order valence-corrected chi connectivity index (χ3v) is 8.38. The lowest BCUT2D eigenvalue weighted by molar-refractivity contribution is 0.0696. The van der Waals surface area contributed by atoms with E-state index >= 15 is 0 Å². The highest BCUT2D eigenvalue weighted by atomic mass is 16.4. The van der Waals surface area contributed by atoms with Gasteiger partial charge in [-0.2, -0.15) is 0 Å². The zero-order valence-corrected chi connectivity index (χ0v) is 23.3. The number of rotatable bonds is 7. The van der Waals surface area contributed by atoms with Crippen LogP contribution in [0.25, 0.3) is 22.4 Å². The highest BCUT2D eigenvalue weighted by Gasteiger charge is 2.26. The molecule has 0 bridgehead atoms. The van der Waals surface area contributed by atoms with Gasteiger partial charge in [0.25, 0.3) is 5.91 Å². The summed E-state index contributed by atoms with van der Waals surface area (Å²) < 4.78 is 7.68. The summed E-state index contributed by atoms with van der Waals surface area (Å²) in [5, 5.41) is 18.0. The predicted octanol–water partition coefficient (Wildman–Crippen LogP) is 6.36. The average molecular weight is 570 g/mol. The number of hydrogen-bond donors (Lipinski definition) is 4. The lowest BCUT2D eigenvalue weighted by Crippen LogP contribution is -2.46. The Bertz CT molecular complexity index is 1590. The third-order valence-electron chi connectivity index (χ3n) is 8.38. The second-order valence-electron chi connectivity index (χ2n) is 11.3. The average Bonchev–Trinajstić information content (AvgIpc) is 3.66. The summed E-state index contributed by atoms with van der Waals surface area (Å²) in [6, 6.07) is 13.6. The van der Waals surface area contributed by atoms with Crippen molar-refractivity contribution in [3.05, 3.63) is 72.2 Å². The maximum absolute atomic E-state index is 13.3. The van der Waals surface area contributed by atoms with Crippen LogP contribution in [0.2, 0.25) is 0 Å². The molecule has 0 aliphatic heterocycles. The molecule has 4 aromatic rings. The quantitative estimate of drug-likeness (QED) is 0.204. The van der Waals surface area contributed by atoms with Gasteiger partial charge in [-0.1, -0.05) is 25.3 Å². The van der Waals surface area contributed by atoms with Crippen LogP contribution in [0, 0.1) is 0 Å². The van der Waals surface area contributed by atoms with Crippen LogP contribution in [-0.4, -0.2) is 44.6 Å². The Morgan fingerprint density at radius 1 is 0.881 bits per heavy atom. The number of benzene rings is 2. The molecule has 2 saturated carbocycles. The van der Waals surface area contributed by atoms with E-state index in [1.165, 1.54) is 31.4 Å². The highest BCUT2D eigenvalue weighted by molar-refractivity contribution is 5.98. The summed E-state index contributed by atoms with van der Waals surface area (Å²) in [6.45, 7) is 0. The molecule has 42 heavy (non-hydrogen) atoms. The molecular weight excluding hydrogens is 534 g/mol. The molecule has 2 aliphatic carbocycles. The number of carboxylic acid groups (broad SMARTS) is 1. The van der Waals surface area contributed by atoms with E-state index in [1.54, 1.807) is 24.7 Å². The fourth-order valence-corrected chi connectivity index (χ4v) is 6.35. The summed E-state index contributed by atoms with van der Waals surface area (Å²) >= 11 is 0. The molecule has 4 N–H and O–H groups in total. The molecule has 2 aromatic heterocycles. The van der Waals surface area contributed by atoms with Crippen molar-refractivity contribution in [3.63, 3.8) is 0 Å². The topological polar surface area (TPSA) is 138 Å². The molecule has 2 atom stereocenters. The smallest absolute Gasteiger partial charge is 0.335 e. The van der Waals surface area contributed by atoms with Crippen LogP contribution < -0.4 is 16.0 Å². The number of furan rings is 1. The van der Waals surface area contributed by atoms with Crippen LogP contribution in [0.4, 0.5) is 10.5 Å². The standard InChI is InChI=1S/C32H35N5O5/c38-30(33-24-8-5-9-25(18-24)35-32(41)34-23-7-4-6-21(16-23)31(39)40)20-12-13-28-27(17-20)36-29(22-14-15-42-19-22)37(28)26-10-2-1-3-11-26/h4,6-7,12-17,19,24-26H,1-3,5,8-11,18H2,(H,33,38)(H,39,40)(H2,34,35,41). The van der Waals surface area contributed by atoms with Crippen molar-refractivity contribution in [1.82, 2.24) is 20.2 Å². The van der Waals surface area contributed by atoms with Crippen LogP contribution in [-0.2, 0) is 0 Å². The number of carbonyl (C=O) groups excluding carboxylic acids is 2. The Balaban J connectivity index is 1.12. The van der Waals surface area contributed by atoms with E-state index in [9.17, 15) is 19.5 Å². The van der Waals surface area contributed by atoms with E-state index in [0.29, 0.717) is 23.7 Å². The molecule has 0 radical (unpaired) electrons. The third kappa shape index (κ3) is 6.02. The number of hydrogen-bond acceptors (Lipinski definition) is 5. The number of anilines is 1. The van der Waals surface area contributed by atoms with E-state index in [1.807, 2.05) is 24.3 Å². The lowest BCUT2D eigenvalue weighted by atomic mass is 9.91. The lowest BCUT2D eigenvalue weighted by Gasteiger charge is -2.30. The molecule has 0 spiro atoms. The van der Waals surface area contributed by atoms with E-state index in [0.717, 1.165) is 54.5 Å². The number of aromatic carboxylic acids is 1. The largest absolute Gasteiger partial charge is 0.478 e. The molecule has 10 heteroatoms. The van der Waals surface area contributed by atoms with Crippen molar-refractivity contribution in [2.45, 2.75) is 75.9 Å².